The summed E-state index contributed by atoms with van der Waals surface area (Å²) in [5.41, 5.74) is 7.54. The third kappa shape index (κ3) is 2.10. The second kappa shape index (κ2) is 4.67. The molecular formula is C11H17NO. The molecule has 0 aliphatic rings. The summed E-state index contributed by atoms with van der Waals surface area (Å²) in [5, 5.41) is 1.12. The SMILES string of the molecule is CC.NCc1ccc2occc2c1.[HH]. The Morgan fingerprint density at radius 1 is 1.31 bits per heavy atom. The van der Waals surface area contributed by atoms with E-state index in [1.165, 1.54) is 0 Å². The first-order chi connectivity index (χ1) is 6.40. The fraction of sp³-hybridized carbons (Fsp3) is 0.273. The molecule has 0 aliphatic heterocycles. The van der Waals surface area contributed by atoms with E-state index >= 15 is 0 Å². The zero-order chi connectivity index (χ0) is 9.68. The lowest BCUT2D eigenvalue weighted by atomic mass is 10.2. The predicted molar refractivity (Wildman–Crippen MR) is 57.6 cm³/mol. The summed E-state index contributed by atoms with van der Waals surface area (Å²) in [5.74, 6) is 0. The Labute approximate surface area is 79.8 Å². The van der Waals surface area contributed by atoms with Gasteiger partial charge in [-0.3, -0.25) is 0 Å². The predicted octanol–water partition coefficient (Wildman–Crippen LogP) is 3.16. The summed E-state index contributed by atoms with van der Waals surface area (Å²) < 4.78 is 5.18. The Kier molecular flexibility index (Phi) is 3.53. The summed E-state index contributed by atoms with van der Waals surface area (Å²) in [7, 11) is 0. The molecule has 0 spiro atoms. The molecule has 13 heavy (non-hydrogen) atoms. The van der Waals surface area contributed by atoms with Gasteiger partial charge >= 0.3 is 0 Å². The van der Waals surface area contributed by atoms with Crippen LogP contribution in [0.3, 0.4) is 0 Å². The zero-order valence-corrected chi connectivity index (χ0v) is 8.08. The fourth-order valence-corrected chi connectivity index (χ4v) is 1.14. The normalized spacial score (nSPS) is 9.46. The van der Waals surface area contributed by atoms with Gasteiger partial charge in [0, 0.05) is 13.4 Å². The Morgan fingerprint density at radius 2 is 2.08 bits per heavy atom. The molecule has 2 aromatic rings. The van der Waals surface area contributed by atoms with Crippen LogP contribution in [0.2, 0.25) is 0 Å². The van der Waals surface area contributed by atoms with Gasteiger partial charge in [-0.15, -0.1) is 0 Å². The topological polar surface area (TPSA) is 39.2 Å². The number of fused-ring (bicyclic) bond motifs is 1. The van der Waals surface area contributed by atoms with Crippen LogP contribution in [0.15, 0.2) is 34.9 Å². The third-order valence-corrected chi connectivity index (χ3v) is 1.75. The lowest BCUT2D eigenvalue weighted by Gasteiger charge is -1.93. The molecule has 0 unspecified atom stereocenters. The van der Waals surface area contributed by atoms with Gasteiger partial charge in [0.25, 0.3) is 0 Å². The summed E-state index contributed by atoms with van der Waals surface area (Å²) >= 11 is 0. The van der Waals surface area contributed by atoms with Crippen molar-refractivity contribution in [3.8, 4) is 0 Å². The van der Waals surface area contributed by atoms with Gasteiger partial charge in [0.2, 0.25) is 0 Å². The van der Waals surface area contributed by atoms with Crippen molar-refractivity contribution in [2.45, 2.75) is 20.4 Å². The van der Waals surface area contributed by atoms with Crippen molar-refractivity contribution in [2.24, 2.45) is 5.73 Å². The molecular weight excluding hydrogens is 162 g/mol. The quantitative estimate of drug-likeness (QED) is 0.730. The molecule has 1 aromatic carbocycles. The van der Waals surface area contributed by atoms with Crippen LogP contribution in [-0.4, -0.2) is 0 Å². The standard InChI is InChI=1S/C9H9NO.C2H6.H2/c10-6-7-1-2-9-8(5-7)3-4-11-9;1-2;/h1-5H,6,10H2;1-2H3;1H. The van der Waals surface area contributed by atoms with Crippen molar-refractivity contribution in [3.63, 3.8) is 0 Å². The summed E-state index contributed by atoms with van der Waals surface area (Å²) in [6.45, 7) is 4.58. The van der Waals surface area contributed by atoms with Crippen LogP contribution in [0.25, 0.3) is 11.0 Å². The first-order valence-corrected chi connectivity index (χ1v) is 4.56. The Hall–Kier alpha value is -1.28. The molecule has 2 N–H and O–H groups in total. The first kappa shape index (κ1) is 9.81. The average Bonchev–Trinajstić information content (AvgIpc) is 2.67. The largest absolute Gasteiger partial charge is 0.464 e. The van der Waals surface area contributed by atoms with E-state index in [0.717, 1.165) is 16.5 Å². The van der Waals surface area contributed by atoms with Crippen molar-refractivity contribution in [2.75, 3.05) is 0 Å². The molecule has 2 heteroatoms. The maximum absolute atomic E-state index is 5.48. The van der Waals surface area contributed by atoms with Crippen LogP contribution in [0, 0.1) is 0 Å². The minimum atomic E-state index is 0. The van der Waals surface area contributed by atoms with Crippen molar-refractivity contribution in [3.05, 3.63) is 36.1 Å². The second-order valence-corrected chi connectivity index (χ2v) is 2.50. The van der Waals surface area contributed by atoms with Crippen LogP contribution >= 0.6 is 0 Å². The highest BCUT2D eigenvalue weighted by Gasteiger charge is 1.95. The van der Waals surface area contributed by atoms with E-state index in [4.69, 9.17) is 10.2 Å². The molecule has 0 aliphatic carbocycles. The van der Waals surface area contributed by atoms with Crippen molar-refractivity contribution in [1.82, 2.24) is 0 Å². The first-order valence-electron chi connectivity index (χ1n) is 4.56. The number of furan rings is 1. The smallest absolute Gasteiger partial charge is 0.133 e. The zero-order valence-electron chi connectivity index (χ0n) is 8.08. The van der Waals surface area contributed by atoms with Gasteiger partial charge in [0.1, 0.15) is 5.58 Å². The Balaban J connectivity index is 0.000000531. The second-order valence-electron chi connectivity index (χ2n) is 2.50. The number of rotatable bonds is 1. The van der Waals surface area contributed by atoms with Crippen LogP contribution in [0.5, 0.6) is 0 Å². The lowest BCUT2D eigenvalue weighted by Crippen LogP contribution is -1.94. The van der Waals surface area contributed by atoms with E-state index in [9.17, 15) is 0 Å². The Morgan fingerprint density at radius 3 is 2.77 bits per heavy atom. The minimum absolute atomic E-state index is 0. The van der Waals surface area contributed by atoms with Gasteiger partial charge in [0.05, 0.1) is 6.26 Å². The van der Waals surface area contributed by atoms with Crippen molar-refractivity contribution < 1.29 is 5.84 Å². The Bertz CT molecular complexity index is 370. The van der Waals surface area contributed by atoms with Crippen LogP contribution < -0.4 is 5.73 Å². The van der Waals surface area contributed by atoms with E-state index < -0.39 is 0 Å². The minimum Gasteiger partial charge on any atom is -0.464 e. The van der Waals surface area contributed by atoms with Gasteiger partial charge in [-0.05, 0) is 23.8 Å². The van der Waals surface area contributed by atoms with Crippen LogP contribution in [-0.2, 0) is 6.54 Å². The fourth-order valence-electron chi connectivity index (χ4n) is 1.14. The van der Waals surface area contributed by atoms with E-state index in [0.29, 0.717) is 6.54 Å². The van der Waals surface area contributed by atoms with Crippen molar-refractivity contribution in [1.29, 1.82) is 0 Å². The molecule has 0 radical (unpaired) electrons. The molecule has 1 heterocycles. The maximum Gasteiger partial charge on any atom is 0.133 e. The average molecular weight is 179 g/mol. The van der Waals surface area contributed by atoms with Crippen LogP contribution in [0.1, 0.15) is 20.8 Å². The molecule has 0 saturated carbocycles. The molecule has 0 bridgehead atoms. The number of benzene rings is 1. The molecule has 0 amide bonds. The summed E-state index contributed by atoms with van der Waals surface area (Å²) in [6, 6.07) is 7.90. The third-order valence-electron chi connectivity index (χ3n) is 1.75. The van der Waals surface area contributed by atoms with Gasteiger partial charge in [0.15, 0.2) is 0 Å². The lowest BCUT2D eigenvalue weighted by molar-refractivity contribution is 0.616. The van der Waals surface area contributed by atoms with Gasteiger partial charge < -0.3 is 10.2 Å². The number of nitrogens with two attached hydrogens (primary N) is 1. The van der Waals surface area contributed by atoms with E-state index in [-0.39, 0.29) is 1.43 Å². The van der Waals surface area contributed by atoms with Gasteiger partial charge in [-0.1, -0.05) is 19.9 Å². The molecule has 0 fully saturated rings. The highest BCUT2D eigenvalue weighted by Crippen LogP contribution is 2.16. The molecule has 1 aromatic heterocycles. The van der Waals surface area contributed by atoms with Crippen molar-refractivity contribution >= 4 is 11.0 Å². The molecule has 2 rings (SSSR count). The molecule has 72 valence electrons. The molecule has 0 saturated heterocycles. The van der Waals surface area contributed by atoms with E-state index in [2.05, 4.69) is 0 Å². The molecule has 2 nitrogen and oxygen atoms in total. The highest BCUT2D eigenvalue weighted by molar-refractivity contribution is 5.77. The van der Waals surface area contributed by atoms with E-state index in [1.54, 1.807) is 6.26 Å². The molecule has 0 atom stereocenters. The number of hydrogen-bond donors (Lipinski definition) is 1. The maximum atomic E-state index is 5.48. The summed E-state index contributed by atoms with van der Waals surface area (Å²) in [6.07, 6.45) is 1.69. The monoisotopic (exact) mass is 179 g/mol. The summed E-state index contributed by atoms with van der Waals surface area (Å²) in [4.78, 5) is 0. The number of hydrogen-bond acceptors (Lipinski definition) is 2. The van der Waals surface area contributed by atoms with Gasteiger partial charge in [-0.2, -0.15) is 0 Å². The highest BCUT2D eigenvalue weighted by atomic mass is 16.3. The van der Waals surface area contributed by atoms with Crippen LogP contribution in [0.4, 0.5) is 0 Å². The van der Waals surface area contributed by atoms with Gasteiger partial charge in [-0.25, -0.2) is 0 Å². The van der Waals surface area contributed by atoms with E-state index in [1.807, 2.05) is 38.1 Å².